The molecular weight excluding hydrogens is 150 g/mol. The Morgan fingerprint density at radius 3 is 2.42 bits per heavy atom. The first-order valence-electron chi connectivity index (χ1n) is 4.17. The Hall–Kier alpha value is -0.860. The van der Waals surface area contributed by atoms with Crippen molar-refractivity contribution in [3.05, 3.63) is 35.9 Å². The van der Waals surface area contributed by atoms with Crippen molar-refractivity contribution in [3.8, 4) is 0 Å². The third-order valence-corrected chi connectivity index (χ3v) is 1.93. The lowest BCUT2D eigenvalue weighted by atomic mass is 10.0. The SMILES string of the molecule is C[C@@H](O)[C@H](N)Cc1ccccc1. The van der Waals surface area contributed by atoms with Crippen LogP contribution in [0.3, 0.4) is 0 Å². The molecule has 0 aliphatic carbocycles. The van der Waals surface area contributed by atoms with Crippen molar-refractivity contribution >= 4 is 0 Å². The van der Waals surface area contributed by atoms with E-state index in [1.54, 1.807) is 6.92 Å². The number of hydrogen-bond acceptors (Lipinski definition) is 2. The minimum atomic E-state index is -0.440. The van der Waals surface area contributed by atoms with Crippen molar-refractivity contribution in [1.82, 2.24) is 0 Å². The van der Waals surface area contributed by atoms with E-state index < -0.39 is 6.10 Å². The van der Waals surface area contributed by atoms with Crippen LogP contribution < -0.4 is 5.73 Å². The Morgan fingerprint density at radius 2 is 1.92 bits per heavy atom. The fourth-order valence-corrected chi connectivity index (χ4v) is 1.06. The van der Waals surface area contributed by atoms with Gasteiger partial charge in [-0.25, -0.2) is 0 Å². The van der Waals surface area contributed by atoms with E-state index in [1.807, 2.05) is 30.3 Å². The van der Waals surface area contributed by atoms with Gasteiger partial charge in [0.15, 0.2) is 0 Å². The molecule has 2 atom stereocenters. The van der Waals surface area contributed by atoms with Crippen LogP contribution in [-0.4, -0.2) is 17.3 Å². The van der Waals surface area contributed by atoms with Crippen LogP contribution in [-0.2, 0) is 6.42 Å². The van der Waals surface area contributed by atoms with Gasteiger partial charge >= 0.3 is 0 Å². The molecule has 0 aliphatic heterocycles. The monoisotopic (exact) mass is 165 g/mol. The van der Waals surface area contributed by atoms with Crippen LogP contribution in [0.15, 0.2) is 30.3 Å². The molecule has 0 unspecified atom stereocenters. The van der Waals surface area contributed by atoms with Gasteiger partial charge in [-0.05, 0) is 18.9 Å². The van der Waals surface area contributed by atoms with Gasteiger partial charge in [-0.15, -0.1) is 0 Å². The molecule has 1 rings (SSSR count). The van der Waals surface area contributed by atoms with Crippen molar-refractivity contribution in [2.45, 2.75) is 25.5 Å². The zero-order chi connectivity index (χ0) is 8.97. The molecule has 0 bridgehead atoms. The molecule has 0 heterocycles. The molecule has 2 heteroatoms. The topological polar surface area (TPSA) is 46.2 Å². The van der Waals surface area contributed by atoms with Crippen molar-refractivity contribution in [3.63, 3.8) is 0 Å². The molecule has 2 nitrogen and oxygen atoms in total. The number of hydrogen-bond donors (Lipinski definition) is 2. The summed E-state index contributed by atoms with van der Waals surface area (Å²) >= 11 is 0. The summed E-state index contributed by atoms with van der Waals surface area (Å²) in [5.74, 6) is 0. The Bertz CT molecular complexity index is 221. The van der Waals surface area contributed by atoms with Crippen LogP contribution in [0, 0.1) is 0 Å². The standard InChI is InChI=1S/C10H15NO/c1-8(12)10(11)7-9-5-3-2-4-6-9/h2-6,8,10,12H,7,11H2,1H3/t8-,10-/m1/s1. The van der Waals surface area contributed by atoms with Gasteiger partial charge in [-0.2, -0.15) is 0 Å². The van der Waals surface area contributed by atoms with E-state index in [1.165, 1.54) is 5.56 Å². The highest BCUT2D eigenvalue weighted by Crippen LogP contribution is 2.03. The lowest BCUT2D eigenvalue weighted by molar-refractivity contribution is 0.163. The van der Waals surface area contributed by atoms with E-state index in [4.69, 9.17) is 10.8 Å². The Labute approximate surface area is 73.0 Å². The minimum absolute atomic E-state index is 0.160. The molecule has 0 saturated heterocycles. The van der Waals surface area contributed by atoms with Crippen LogP contribution >= 0.6 is 0 Å². The van der Waals surface area contributed by atoms with Gasteiger partial charge in [-0.3, -0.25) is 0 Å². The first kappa shape index (κ1) is 9.23. The second-order valence-electron chi connectivity index (χ2n) is 3.09. The molecule has 0 radical (unpaired) electrons. The average Bonchev–Trinajstić information content (AvgIpc) is 2.06. The van der Waals surface area contributed by atoms with E-state index in [9.17, 15) is 0 Å². The molecule has 1 aromatic rings. The molecule has 12 heavy (non-hydrogen) atoms. The molecule has 0 fully saturated rings. The van der Waals surface area contributed by atoms with E-state index in [-0.39, 0.29) is 6.04 Å². The zero-order valence-electron chi connectivity index (χ0n) is 7.27. The van der Waals surface area contributed by atoms with Gasteiger partial charge in [0.25, 0.3) is 0 Å². The number of aliphatic hydroxyl groups excluding tert-OH is 1. The molecule has 0 aliphatic rings. The highest BCUT2D eigenvalue weighted by atomic mass is 16.3. The van der Waals surface area contributed by atoms with Crippen molar-refractivity contribution < 1.29 is 5.11 Å². The quantitative estimate of drug-likeness (QED) is 0.700. The van der Waals surface area contributed by atoms with E-state index in [2.05, 4.69) is 0 Å². The third kappa shape index (κ3) is 2.64. The predicted octanol–water partition coefficient (Wildman–Crippen LogP) is 0.937. The van der Waals surface area contributed by atoms with Gasteiger partial charge in [0.2, 0.25) is 0 Å². The smallest absolute Gasteiger partial charge is 0.0666 e. The molecule has 0 saturated carbocycles. The second-order valence-corrected chi connectivity index (χ2v) is 3.09. The Balaban J connectivity index is 2.53. The summed E-state index contributed by atoms with van der Waals surface area (Å²) in [5, 5.41) is 9.16. The first-order chi connectivity index (χ1) is 5.70. The maximum Gasteiger partial charge on any atom is 0.0666 e. The number of rotatable bonds is 3. The summed E-state index contributed by atoms with van der Waals surface area (Å²) in [7, 11) is 0. The number of nitrogens with two attached hydrogens (primary N) is 1. The van der Waals surface area contributed by atoms with Crippen molar-refractivity contribution in [2.24, 2.45) is 5.73 Å². The fourth-order valence-electron chi connectivity index (χ4n) is 1.06. The van der Waals surface area contributed by atoms with Crippen molar-refractivity contribution in [2.75, 3.05) is 0 Å². The molecule has 0 amide bonds. The van der Waals surface area contributed by atoms with Crippen LogP contribution in [0.1, 0.15) is 12.5 Å². The summed E-state index contributed by atoms with van der Waals surface area (Å²) < 4.78 is 0. The normalized spacial score (nSPS) is 15.6. The summed E-state index contributed by atoms with van der Waals surface area (Å²) in [6.45, 7) is 1.72. The maximum absolute atomic E-state index is 9.16. The van der Waals surface area contributed by atoms with Gasteiger partial charge in [0, 0.05) is 6.04 Å². The Kier molecular flexibility index (Phi) is 3.26. The van der Waals surface area contributed by atoms with Crippen LogP contribution in [0.2, 0.25) is 0 Å². The average molecular weight is 165 g/mol. The van der Waals surface area contributed by atoms with Crippen LogP contribution in [0.4, 0.5) is 0 Å². The largest absolute Gasteiger partial charge is 0.392 e. The van der Waals surface area contributed by atoms with Crippen molar-refractivity contribution in [1.29, 1.82) is 0 Å². The third-order valence-electron chi connectivity index (χ3n) is 1.93. The van der Waals surface area contributed by atoms with Crippen LogP contribution in [0.25, 0.3) is 0 Å². The predicted molar refractivity (Wildman–Crippen MR) is 49.8 cm³/mol. The molecule has 1 aromatic carbocycles. The van der Waals surface area contributed by atoms with E-state index >= 15 is 0 Å². The Morgan fingerprint density at radius 1 is 1.33 bits per heavy atom. The lowest BCUT2D eigenvalue weighted by Crippen LogP contribution is -2.34. The minimum Gasteiger partial charge on any atom is -0.392 e. The molecule has 0 aromatic heterocycles. The maximum atomic E-state index is 9.16. The van der Waals surface area contributed by atoms with Gasteiger partial charge < -0.3 is 10.8 Å². The highest BCUT2D eigenvalue weighted by molar-refractivity contribution is 5.15. The van der Waals surface area contributed by atoms with E-state index in [0.717, 1.165) is 6.42 Å². The molecule has 66 valence electrons. The summed E-state index contributed by atoms with van der Waals surface area (Å²) in [6.07, 6.45) is 0.295. The summed E-state index contributed by atoms with van der Waals surface area (Å²) in [5.41, 5.74) is 6.87. The van der Waals surface area contributed by atoms with Gasteiger partial charge in [0.1, 0.15) is 0 Å². The van der Waals surface area contributed by atoms with Crippen LogP contribution in [0.5, 0.6) is 0 Å². The zero-order valence-corrected chi connectivity index (χ0v) is 7.27. The van der Waals surface area contributed by atoms with Gasteiger partial charge in [0.05, 0.1) is 6.10 Å². The van der Waals surface area contributed by atoms with E-state index in [0.29, 0.717) is 0 Å². The molecular formula is C10H15NO. The second kappa shape index (κ2) is 4.24. The highest BCUT2D eigenvalue weighted by Gasteiger charge is 2.08. The molecule has 0 spiro atoms. The fraction of sp³-hybridized carbons (Fsp3) is 0.400. The number of benzene rings is 1. The molecule has 3 N–H and O–H groups in total. The number of aliphatic hydroxyl groups is 1. The summed E-state index contributed by atoms with van der Waals surface area (Å²) in [6, 6.07) is 9.79. The first-order valence-corrected chi connectivity index (χ1v) is 4.17. The summed E-state index contributed by atoms with van der Waals surface area (Å²) in [4.78, 5) is 0. The lowest BCUT2D eigenvalue weighted by Gasteiger charge is -2.13. The van der Waals surface area contributed by atoms with Gasteiger partial charge in [-0.1, -0.05) is 30.3 Å².